The van der Waals surface area contributed by atoms with Crippen LogP contribution in [0.15, 0.2) is 24.5 Å². The van der Waals surface area contributed by atoms with Gasteiger partial charge in [-0.05, 0) is 43.4 Å². The molecule has 0 bridgehead atoms. The standard InChI is InChI=1S/C17H25N3O/c18-17(8-2-1-3-9-17)12-16(21)20(15-4-5-15)13-14-6-10-19-11-7-14/h6-7,10-11,15H,1-5,8-9,12-13,18H2. The summed E-state index contributed by atoms with van der Waals surface area (Å²) in [6.07, 6.45) is 11.9. The van der Waals surface area contributed by atoms with Crippen LogP contribution >= 0.6 is 0 Å². The predicted molar refractivity (Wildman–Crippen MR) is 82.4 cm³/mol. The zero-order valence-electron chi connectivity index (χ0n) is 12.6. The second-order valence-corrected chi connectivity index (χ2v) is 6.71. The number of carbonyl (C=O) groups is 1. The summed E-state index contributed by atoms with van der Waals surface area (Å²) in [5, 5.41) is 0. The van der Waals surface area contributed by atoms with Crippen molar-refractivity contribution in [2.45, 2.75) is 69.5 Å². The molecule has 2 aliphatic carbocycles. The molecule has 0 atom stereocenters. The van der Waals surface area contributed by atoms with Gasteiger partial charge in [0.1, 0.15) is 0 Å². The topological polar surface area (TPSA) is 59.2 Å². The summed E-state index contributed by atoms with van der Waals surface area (Å²) in [5.74, 6) is 0.235. The summed E-state index contributed by atoms with van der Waals surface area (Å²) in [5.41, 5.74) is 7.34. The molecule has 2 fully saturated rings. The van der Waals surface area contributed by atoms with Gasteiger partial charge in [0, 0.05) is 36.9 Å². The van der Waals surface area contributed by atoms with Gasteiger partial charge in [-0.25, -0.2) is 0 Å². The van der Waals surface area contributed by atoms with Gasteiger partial charge < -0.3 is 10.6 Å². The Bertz CT molecular complexity index is 478. The molecule has 4 heteroatoms. The van der Waals surface area contributed by atoms with Crippen LogP contribution in [-0.2, 0) is 11.3 Å². The highest BCUT2D eigenvalue weighted by molar-refractivity contribution is 5.78. The van der Waals surface area contributed by atoms with E-state index in [0.717, 1.165) is 44.1 Å². The number of hydrogen-bond acceptors (Lipinski definition) is 3. The summed E-state index contributed by atoms with van der Waals surface area (Å²) >= 11 is 0. The number of nitrogens with zero attached hydrogens (tertiary/aromatic N) is 2. The van der Waals surface area contributed by atoms with E-state index in [1.54, 1.807) is 12.4 Å². The van der Waals surface area contributed by atoms with Crippen molar-refractivity contribution in [3.63, 3.8) is 0 Å². The lowest BCUT2D eigenvalue weighted by atomic mass is 9.80. The Hall–Kier alpha value is -1.42. The fraction of sp³-hybridized carbons (Fsp3) is 0.647. The average molecular weight is 287 g/mol. The van der Waals surface area contributed by atoms with Gasteiger partial charge in [0.05, 0.1) is 0 Å². The minimum absolute atomic E-state index is 0.235. The zero-order chi connectivity index (χ0) is 14.7. The molecule has 2 aliphatic rings. The highest BCUT2D eigenvalue weighted by Gasteiger charge is 2.37. The Morgan fingerprint density at radius 3 is 2.52 bits per heavy atom. The van der Waals surface area contributed by atoms with E-state index in [0.29, 0.717) is 19.0 Å². The van der Waals surface area contributed by atoms with Gasteiger partial charge in [-0.2, -0.15) is 0 Å². The molecule has 1 aromatic heterocycles. The SMILES string of the molecule is NC1(CC(=O)N(Cc2ccncc2)C2CC2)CCCCC1. The van der Waals surface area contributed by atoms with E-state index in [2.05, 4.69) is 4.98 Å². The molecule has 0 aromatic carbocycles. The number of hydrogen-bond donors (Lipinski definition) is 1. The third-order valence-electron chi connectivity index (χ3n) is 4.76. The van der Waals surface area contributed by atoms with E-state index in [1.807, 2.05) is 17.0 Å². The smallest absolute Gasteiger partial charge is 0.224 e. The minimum Gasteiger partial charge on any atom is -0.335 e. The van der Waals surface area contributed by atoms with Crippen LogP contribution in [-0.4, -0.2) is 27.4 Å². The van der Waals surface area contributed by atoms with Crippen LogP contribution in [0, 0.1) is 0 Å². The monoisotopic (exact) mass is 287 g/mol. The van der Waals surface area contributed by atoms with Gasteiger partial charge in [-0.3, -0.25) is 9.78 Å². The summed E-state index contributed by atoms with van der Waals surface area (Å²) in [4.78, 5) is 18.8. The largest absolute Gasteiger partial charge is 0.335 e. The highest BCUT2D eigenvalue weighted by Crippen LogP contribution is 2.33. The van der Waals surface area contributed by atoms with E-state index in [4.69, 9.17) is 5.73 Å². The van der Waals surface area contributed by atoms with Crippen LogP contribution in [0.5, 0.6) is 0 Å². The lowest BCUT2D eigenvalue weighted by molar-refractivity contribution is -0.134. The van der Waals surface area contributed by atoms with Crippen LogP contribution in [0.4, 0.5) is 0 Å². The van der Waals surface area contributed by atoms with Crippen molar-refractivity contribution in [3.8, 4) is 0 Å². The van der Waals surface area contributed by atoms with Crippen molar-refractivity contribution >= 4 is 5.91 Å². The first-order chi connectivity index (χ1) is 10.2. The summed E-state index contributed by atoms with van der Waals surface area (Å²) in [7, 11) is 0. The van der Waals surface area contributed by atoms with Crippen molar-refractivity contribution in [3.05, 3.63) is 30.1 Å². The molecule has 114 valence electrons. The number of aromatic nitrogens is 1. The number of amides is 1. The molecule has 2 N–H and O–H groups in total. The first-order valence-electron chi connectivity index (χ1n) is 8.14. The summed E-state index contributed by atoms with van der Waals surface area (Å²) in [6, 6.07) is 4.40. The van der Waals surface area contributed by atoms with Gasteiger partial charge in [-0.15, -0.1) is 0 Å². The van der Waals surface area contributed by atoms with Gasteiger partial charge in [0.15, 0.2) is 0 Å². The van der Waals surface area contributed by atoms with Crippen molar-refractivity contribution in [2.24, 2.45) is 5.73 Å². The number of nitrogens with two attached hydrogens (primary N) is 1. The third-order valence-corrected chi connectivity index (χ3v) is 4.76. The van der Waals surface area contributed by atoms with E-state index < -0.39 is 0 Å². The molecular weight excluding hydrogens is 262 g/mol. The number of carbonyl (C=O) groups excluding carboxylic acids is 1. The molecule has 3 rings (SSSR count). The quantitative estimate of drug-likeness (QED) is 0.905. The fourth-order valence-electron chi connectivity index (χ4n) is 3.33. The zero-order valence-corrected chi connectivity index (χ0v) is 12.6. The Morgan fingerprint density at radius 1 is 1.24 bits per heavy atom. The van der Waals surface area contributed by atoms with E-state index in [9.17, 15) is 4.79 Å². The Kier molecular flexibility index (Phi) is 4.24. The van der Waals surface area contributed by atoms with Crippen molar-refractivity contribution < 1.29 is 4.79 Å². The van der Waals surface area contributed by atoms with E-state index in [1.165, 1.54) is 6.42 Å². The summed E-state index contributed by atoms with van der Waals surface area (Å²) in [6.45, 7) is 0.697. The second kappa shape index (κ2) is 6.14. The third kappa shape index (κ3) is 3.82. The van der Waals surface area contributed by atoms with Crippen LogP contribution in [0.3, 0.4) is 0 Å². The molecule has 4 nitrogen and oxygen atoms in total. The molecule has 0 unspecified atom stereocenters. The molecule has 0 aliphatic heterocycles. The summed E-state index contributed by atoms with van der Waals surface area (Å²) < 4.78 is 0. The first kappa shape index (κ1) is 14.5. The lowest BCUT2D eigenvalue weighted by Gasteiger charge is -2.35. The van der Waals surface area contributed by atoms with E-state index in [-0.39, 0.29) is 11.4 Å². The predicted octanol–water partition coefficient (Wildman–Crippen LogP) is 2.62. The molecule has 0 saturated heterocycles. The van der Waals surface area contributed by atoms with Crippen molar-refractivity contribution in [2.75, 3.05) is 0 Å². The average Bonchev–Trinajstić information content (AvgIpc) is 3.30. The van der Waals surface area contributed by atoms with Crippen LogP contribution < -0.4 is 5.73 Å². The van der Waals surface area contributed by atoms with Crippen LogP contribution in [0.2, 0.25) is 0 Å². The van der Waals surface area contributed by atoms with Gasteiger partial charge in [0.2, 0.25) is 5.91 Å². The van der Waals surface area contributed by atoms with Crippen LogP contribution in [0.25, 0.3) is 0 Å². The Morgan fingerprint density at radius 2 is 1.90 bits per heavy atom. The maximum absolute atomic E-state index is 12.7. The van der Waals surface area contributed by atoms with E-state index >= 15 is 0 Å². The Labute approximate surface area is 126 Å². The molecule has 2 saturated carbocycles. The van der Waals surface area contributed by atoms with Gasteiger partial charge in [0.25, 0.3) is 0 Å². The van der Waals surface area contributed by atoms with Crippen molar-refractivity contribution in [1.29, 1.82) is 0 Å². The molecule has 0 spiro atoms. The highest BCUT2D eigenvalue weighted by atomic mass is 16.2. The molecular formula is C17H25N3O. The molecule has 0 radical (unpaired) electrons. The molecule has 1 heterocycles. The Balaban J connectivity index is 1.64. The second-order valence-electron chi connectivity index (χ2n) is 6.71. The van der Waals surface area contributed by atoms with Gasteiger partial charge in [-0.1, -0.05) is 19.3 Å². The molecule has 1 aromatic rings. The molecule has 1 amide bonds. The van der Waals surface area contributed by atoms with Crippen molar-refractivity contribution in [1.82, 2.24) is 9.88 Å². The first-order valence-corrected chi connectivity index (χ1v) is 8.14. The normalized spacial score (nSPS) is 21.0. The minimum atomic E-state index is -0.263. The fourth-order valence-corrected chi connectivity index (χ4v) is 3.33. The van der Waals surface area contributed by atoms with Crippen LogP contribution in [0.1, 0.15) is 56.9 Å². The number of rotatable bonds is 5. The maximum Gasteiger partial charge on any atom is 0.224 e. The number of pyridine rings is 1. The lowest BCUT2D eigenvalue weighted by Crippen LogP contribution is -2.47. The maximum atomic E-state index is 12.7. The molecule has 21 heavy (non-hydrogen) atoms. The van der Waals surface area contributed by atoms with Gasteiger partial charge >= 0.3 is 0 Å².